The highest BCUT2D eigenvalue weighted by Crippen LogP contribution is 2.49. The van der Waals surface area contributed by atoms with E-state index in [0.29, 0.717) is 6.42 Å². The van der Waals surface area contributed by atoms with Crippen LogP contribution in [-0.4, -0.2) is 98.4 Å². The zero-order valence-corrected chi connectivity index (χ0v) is 17.9. The van der Waals surface area contributed by atoms with Crippen LogP contribution < -0.4 is 0 Å². The molecule has 29 heavy (non-hydrogen) atoms. The Balaban J connectivity index is 1.99. The van der Waals surface area contributed by atoms with Gasteiger partial charge in [-0.3, -0.25) is 9.05 Å². The molecule has 2 heterocycles. The number of phosphoric ester groups is 1. The number of hydrogen-bond acceptors (Lipinski definition) is 9. The standard InChI is InChI=1S/C16H29B2O10P/c1-8(2)23-6-12-14(16(19,20)15(18)27-12)28-29(21,22)24-7-11-10(25-9(3)4)5-13(17)26-11/h8-15,19-20H,5-7H2,1-4H3,(H,21,22)/t10?,11-,12-,13-,14+,15-/m1/s1. The molecule has 0 aromatic heterocycles. The van der Waals surface area contributed by atoms with Gasteiger partial charge in [0.1, 0.15) is 27.9 Å². The lowest BCUT2D eigenvalue weighted by Crippen LogP contribution is -2.50. The molecule has 2 aliphatic rings. The van der Waals surface area contributed by atoms with Gasteiger partial charge in [-0.05, 0) is 34.1 Å². The second-order valence-corrected chi connectivity index (χ2v) is 9.13. The van der Waals surface area contributed by atoms with Gasteiger partial charge in [-0.25, -0.2) is 4.57 Å². The average Bonchev–Trinajstić information content (AvgIpc) is 3.02. The van der Waals surface area contributed by atoms with Crippen molar-refractivity contribution < 1.29 is 47.7 Å². The Morgan fingerprint density at radius 1 is 1.10 bits per heavy atom. The van der Waals surface area contributed by atoms with Crippen LogP contribution in [0.2, 0.25) is 0 Å². The van der Waals surface area contributed by atoms with Crippen molar-refractivity contribution in [3.63, 3.8) is 0 Å². The van der Waals surface area contributed by atoms with E-state index < -0.39 is 50.0 Å². The minimum absolute atomic E-state index is 0.100. The minimum atomic E-state index is -4.75. The Morgan fingerprint density at radius 3 is 2.34 bits per heavy atom. The average molecular weight is 434 g/mol. The third-order valence-corrected chi connectivity index (χ3v) is 5.38. The molecule has 3 N–H and O–H groups in total. The molecule has 0 bridgehead atoms. The van der Waals surface area contributed by atoms with Gasteiger partial charge in [0.05, 0.1) is 37.5 Å². The number of phosphoric acid groups is 1. The second-order valence-electron chi connectivity index (χ2n) is 7.72. The quantitative estimate of drug-likeness (QED) is 0.236. The van der Waals surface area contributed by atoms with E-state index in [0.717, 1.165) is 0 Å². The van der Waals surface area contributed by atoms with Crippen LogP contribution in [0.5, 0.6) is 0 Å². The van der Waals surface area contributed by atoms with Gasteiger partial charge in [0.25, 0.3) is 0 Å². The SMILES string of the molecule is [B][C@@H]1O[C@H](COC(C)C)[C@H](OP(=O)(O)OC[C@H]2O[C@@H]([B])CC2OC(C)C)C1(O)O. The zero-order chi connectivity index (χ0) is 22.0. The Kier molecular flexibility index (Phi) is 8.78. The van der Waals surface area contributed by atoms with Crippen LogP contribution in [0.1, 0.15) is 34.1 Å². The summed E-state index contributed by atoms with van der Waals surface area (Å²) < 4.78 is 44.2. The molecular weight excluding hydrogens is 405 g/mol. The Bertz CT molecular complexity index is 578. The molecule has 2 unspecified atom stereocenters. The molecule has 0 aliphatic carbocycles. The third-order valence-electron chi connectivity index (χ3n) is 4.41. The maximum absolute atomic E-state index is 12.4. The first kappa shape index (κ1) is 25.3. The lowest BCUT2D eigenvalue weighted by Gasteiger charge is -2.29. The van der Waals surface area contributed by atoms with Crippen molar-refractivity contribution in [2.24, 2.45) is 0 Å². The zero-order valence-electron chi connectivity index (χ0n) is 17.0. The van der Waals surface area contributed by atoms with Gasteiger partial charge in [0.2, 0.25) is 5.79 Å². The van der Waals surface area contributed by atoms with E-state index in [1.807, 2.05) is 13.8 Å². The lowest BCUT2D eigenvalue weighted by atomic mass is 9.90. The maximum Gasteiger partial charge on any atom is 0.472 e. The molecule has 164 valence electrons. The van der Waals surface area contributed by atoms with Crippen LogP contribution >= 0.6 is 7.82 Å². The molecule has 10 nitrogen and oxygen atoms in total. The summed E-state index contributed by atoms with van der Waals surface area (Å²) in [5.41, 5.74) is 0. The van der Waals surface area contributed by atoms with E-state index >= 15 is 0 Å². The predicted molar refractivity (Wildman–Crippen MR) is 102 cm³/mol. The summed E-state index contributed by atoms with van der Waals surface area (Å²) in [7, 11) is 6.56. The summed E-state index contributed by atoms with van der Waals surface area (Å²) in [4.78, 5) is 10.1. The number of rotatable bonds is 10. The molecule has 2 aliphatic heterocycles. The van der Waals surface area contributed by atoms with Crippen LogP contribution in [0.15, 0.2) is 0 Å². The van der Waals surface area contributed by atoms with Crippen molar-refractivity contribution >= 4 is 23.5 Å². The Hall–Kier alpha value is -0.000130. The number of hydrogen-bond donors (Lipinski definition) is 3. The molecule has 2 fully saturated rings. The highest BCUT2D eigenvalue weighted by Gasteiger charge is 2.56. The molecular formula is C16H29B2O10P. The van der Waals surface area contributed by atoms with E-state index in [4.69, 9.17) is 43.7 Å². The topological polar surface area (TPSA) is 133 Å². The summed E-state index contributed by atoms with van der Waals surface area (Å²) in [6.07, 6.45) is -3.78. The molecule has 0 aromatic carbocycles. The van der Waals surface area contributed by atoms with Gasteiger partial charge in [0, 0.05) is 6.00 Å². The molecule has 13 heteroatoms. The van der Waals surface area contributed by atoms with Gasteiger partial charge in [0.15, 0.2) is 6.10 Å². The fraction of sp³-hybridized carbons (Fsp3) is 1.00. The van der Waals surface area contributed by atoms with Crippen LogP contribution in [0, 0.1) is 0 Å². The van der Waals surface area contributed by atoms with Crippen molar-refractivity contribution in [3.05, 3.63) is 0 Å². The van der Waals surface area contributed by atoms with Crippen molar-refractivity contribution in [2.45, 2.75) is 88.5 Å². The predicted octanol–water partition coefficient (Wildman–Crippen LogP) is -0.435. The number of aliphatic hydroxyl groups is 2. The van der Waals surface area contributed by atoms with Gasteiger partial charge in [-0.15, -0.1) is 0 Å². The van der Waals surface area contributed by atoms with Crippen molar-refractivity contribution in [1.82, 2.24) is 0 Å². The van der Waals surface area contributed by atoms with E-state index in [-0.39, 0.29) is 25.4 Å². The normalized spacial score (nSPS) is 36.7. The molecule has 7 atom stereocenters. The van der Waals surface area contributed by atoms with Crippen LogP contribution in [0.4, 0.5) is 0 Å². The van der Waals surface area contributed by atoms with E-state index in [9.17, 15) is 19.7 Å². The minimum Gasteiger partial charge on any atom is -0.380 e. The third kappa shape index (κ3) is 7.00. The summed E-state index contributed by atoms with van der Waals surface area (Å²) in [6.45, 7) is 6.72. The molecule has 4 radical (unpaired) electrons. The fourth-order valence-corrected chi connectivity index (χ4v) is 4.06. The molecule has 0 spiro atoms. The van der Waals surface area contributed by atoms with Crippen molar-refractivity contribution in [2.75, 3.05) is 13.2 Å². The summed E-state index contributed by atoms with van der Waals surface area (Å²) >= 11 is 0. The van der Waals surface area contributed by atoms with Crippen LogP contribution in [0.25, 0.3) is 0 Å². The highest BCUT2D eigenvalue weighted by molar-refractivity contribution is 7.47. The molecule has 0 amide bonds. The van der Waals surface area contributed by atoms with Gasteiger partial charge in [-0.1, -0.05) is 0 Å². The van der Waals surface area contributed by atoms with Crippen molar-refractivity contribution in [3.8, 4) is 0 Å². The maximum atomic E-state index is 12.4. The molecule has 0 saturated carbocycles. The first-order valence-electron chi connectivity index (χ1n) is 9.51. The van der Waals surface area contributed by atoms with E-state index in [1.165, 1.54) is 0 Å². The van der Waals surface area contributed by atoms with Gasteiger partial charge < -0.3 is 34.1 Å². The molecule has 2 rings (SSSR count). The van der Waals surface area contributed by atoms with Gasteiger partial charge in [-0.2, -0.15) is 0 Å². The Morgan fingerprint density at radius 2 is 1.76 bits per heavy atom. The summed E-state index contributed by atoms with van der Waals surface area (Å²) in [5, 5.41) is 20.3. The second kappa shape index (κ2) is 10.1. The fourth-order valence-electron chi connectivity index (χ4n) is 3.08. The molecule has 2 saturated heterocycles. The van der Waals surface area contributed by atoms with E-state index in [1.54, 1.807) is 13.8 Å². The first-order chi connectivity index (χ1) is 13.3. The van der Waals surface area contributed by atoms with Gasteiger partial charge >= 0.3 is 7.82 Å². The van der Waals surface area contributed by atoms with E-state index in [2.05, 4.69) is 0 Å². The summed E-state index contributed by atoms with van der Waals surface area (Å²) in [6, 6.07) is -2.15. The van der Waals surface area contributed by atoms with Crippen molar-refractivity contribution in [1.29, 1.82) is 0 Å². The molecule has 0 aromatic rings. The largest absolute Gasteiger partial charge is 0.472 e. The summed E-state index contributed by atoms with van der Waals surface area (Å²) in [5.74, 6) is -2.72. The smallest absolute Gasteiger partial charge is 0.380 e. The monoisotopic (exact) mass is 434 g/mol. The lowest BCUT2D eigenvalue weighted by molar-refractivity contribution is -0.211. The number of ether oxygens (including phenoxy) is 4. The Labute approximate surface area is 173 Å². The van der Waals surface area contributed by atoms with Crippen LogP contribution in [0.3, 0.4) is 0 Å². The first-order valence-corrected chi connectivity index (χ1v) is 11.0. The highest BCUT2D eigenvalue weighted by atomic mass is 31.2. The van der Waals surface area contributed by atoms with Crippen LogP contribution in [-0.2, 0) is 32.6 Å².